The van der Waals surface area contributed by atoms with Crippen molar-refractivity contribution >= 4 is 64.0 Å². The predicted octanol–water partition coefficient (Wildman–Crippen LogP) is -7.52. The molecule has 0 nitrogen and oxygen atoms in total. The second-order valence-electron chi connectivity index (χ2n) is 6.18. The van der Waals surface area contributed by atoms with Gasteiger partial charge >= 0.3 is 47.8 Å². The molecule has 0 aliphatic heterocycles. The summed E-state index contributed by atoms with van der Waals surface area (Å²) in [6.45, 7) is 28.4. The zero-order valence-corrected chi connectivity index (χ0v) is 25.2. The van der Waals surface area contributed by atoms with E-state index in [0.717, 1.165) is 12.8 Å². The maximum absolute atomic E-state index is 3.91. The van der Waals surface area contributed by atoms with E-state index in [1.807, 2.05) is 0 Å². The first-order valence-corrected chi connectivity index (χ1v) is 13.1. The van der Waals surface area contributed by atoms with Crippen molar-refractivity contribution in [2.75, 3.05) is 0 Å². The molecule has 0 fully saturated rings. The molecule has 0 aromatic heterocycles. The van der Waals surface area contributed by atoms with Gasteiger partial charge in [0.15, 0.2) is 0 Å². The third-order valence-corrected chi connectivity index (χ3v) is 0.500. The Hall–Kier alpha value is 3.06. The molecule has 0 spiro atoms. The van der Waals surface area contributed by atoms with Crippen LogP contribution in [0.4, 0.5) is 0 Å². The van der Waals surface area contributed by atoms with Crippen LogP contribution in [-0.2, 0) is 0 Å². The Bertz CT molecular complexity index is 104. The molecule has 0 aliphatic rings. The van der Waals surface area contributed by atoms with Gasteiger partial charge in [-0.1, -0.05) is 52.4 Å². The van der Waals surface area contributed by atoms with Crippen LogP contribution in [0.5, 0.6) is 0 Å². The molecule has 0 atom stereocenters. The van der Waals surface area contributed by atoms with Crippen LogP contribution in [0.25, 0.3) is 0 Å². The van der Waals surface area contributed by atoms with E-state index >= 15 is 0 Å². The summed E-state index contributed by atoms with van der Waals surface area (Å²) in [7, 11) is -1.72. The zero-order chi connectivity index (χ0) is 13.1. The molecule has 8 heteroatoms. The average molecular weight is 624 g/mol. The summed E-state index contributed by atoms with van der Waals surface area (Å²) in [6.07, 6.45) is 3.23. The molecule has 0 aromatic carbocycles. The molecule has 0 unspecified atom stereocenters. The predicted molar refractivity (Wildman–Crippen MR) is 93.5 cm³/mol. The molecule has 0 rings (SSSR count). The molecular weight excluding hydrogens is 592 g/mol. The third kappa shape index (κ3) is 399. The molecule has 0 heterocycles. The van der Waals surface area contributed by atoms with Crippen LogP contribution in [0.3, 0.4) is 0 Å². The molecule has 0 saturated carbocycles. The molecule has 0 bridgehead atoms. The fourth-order valence-corrected chi connectivity index (χ4v) is 0.177. The first-order chi connectivity index (χ1) is 6.41. The topological polar surface area (TPSA) is 0 Å². The summed E-state index contributed by atoms with van der Waals surface area (Å²) in [6, 6.07) is 0. The van der Waals surface area contributed by atoms with E-state index in [0.29, 0.717) is 0 Å². The Morgan fingerprint density at radius 3 is 0.905 bits per heavy atom. The van der Waals surface area contributed by atoms with Crippen molar-refractivity contribution in [1.82, 2.24) is 0 Å². The molecule has 0 N–H and O–H groups in total. The summed E-state index contributed by atoms with van der Waals surface area (Å²) in [5.74, 6) is 0. The number of hydrogen-bond acceptors (Lipinski definition) is 0. The van der Waals surface area contributed by atoms with E-state index in [1.165, 1.54) is 6.42 Å². The third-order valence-electron chi connectivity index (χ3n) is 0.500. The second kappa shape index (κ2) is 34.4. The maximum Gasteiger partial charge on any atom is 2.00 e. The van der Waals surface area contributed by atoms with Gasteiger partial charge in [0.2, 0.25) is 0 Å². The van der Waals surface area contributed by atoms with Crippen molar-refractivity contribution in [3.8, 4) is 0 Å². The van der Waals surface area contributed by atoms with Crippen LogP contribution in [0, 0.1) is 26.9 Å². The summed E-state index contributed by atoms with van der Waals surface area (Å²) >= 11 is 0. The van der Waals surface area contributed by atoms with Gasteiger partial charge in [0, 0.05) is 16.1 Å². The zero-order valence-electron chi connectivity index (χ0n) is 14.5. The molecule has 0 saturated heterocycles. The van der Waals surface area contributed by atoms with Gasteiger partial charge in [-0.2, -0.15) is 6.42 Å². The molecule has 6 radical (unpaired) electrons. The molecule has 0 aromatic rings. The van der Waals surface area contributed by atoms with Crippen molar-refractivity contribution in [2.45, 2.75) is 58.5 Å². The normalized spacial score (nSPS) is 7.67. The van der Waals surface area contributed by atoms with Gasteiger partial charge in [-0.3, -0.25) is 0 Å². The molecule has 0 aliphatic carbocycles. The summed E-state index contributed by atoms with van der Waals surface area (Å²) in [5, 5.41) is 0. The summed E-state index contributed by atoms with van der Waals surface area (Å²) in [4.78, 5) is 0. The molecule has 0 amide bonds. The minimum absolute atomic E-state index is 0. The Morgan fingerprint density at radius 2 is 0.905 bits per heavy atom. The van der Waals surface area contributed by atoms with E-state index in [9.17, 15) is 0 Å². The van der Waals surface area contributed by atoms with Gasteiger partial charge in [0.1, 0.15) is 0 Å². The Morgan fingerprint density at radius 1 is 0.762 bits per heavy atom. The minimum Gasteiger partial charge on any atom is -1.00 e. The fraction of sp³-hybridized carbons (Fsp3) is 0.692. The van der Waals surface area contributed by atoms with Crippen molar-refractivity contribution in [3.05, 3.63) is 26.9 Å². The monoisotopic (exact) mass is 624 g/mol. The van der Waals surface area contributed by atoms with Gasteiger partial charge in [-0.05, 0) is 6.42 Å². The van der Waals surface area contributed by atoms with E-state index < -0.39 is 16.1 Å². The second-order valence-corrected chi connectivity index (χ2v) is 16.4. The Labute approximate surface area is 197 Å². The Kier molecular flexibility index (Phi) is 92.4. The Balaban J connectivity index is -0.0000000129. The van der Waals surface area contributed by atoms with Gasteiger partial charge in [-0.25, -0.2) is 0 Å². The number of hydrogen-bond donors (Lipinski definition) is 0. The number of rotatable bonds is 2. The van der Waals surface area contributed by atoms with E-state index in [-0.39, 0.29) is 97.4 Å². The van der Waals surface area contributed by atoms with Crippen LogP contribution in [0.15, 0.2) is 0 Å². The average Bonchev–Trinajstić information content (AvgIpc) is 1.80. The standard InChI is InChI=1S/C5H10.2C4H11Si.4ClH.2Sn/c1-3-5-4-2;2*1-5(2,3)4;;;;;;/h1-5H2;2*1H2,2-4H3;4*1H;;/q;;;;;;;2*+2/p-4. The van der Waals surface area contributed by atoms with Crippen LogP contribution in [0.1, 0.15) is 19.3 Å². The van der Waals surface area contributed by atoms with Crippen molar-refractivity contribution in [3.63, 3.8) is 0 Å². The summed E-state index contributed by atoms with van der Waals surface area (Å²) < 4.78 is 0. The molecule has 128 valence electrons. The fourth-order valence-electron chi connectivity index (χ4n) is 0.177. The van der Waals surface area contributed by atoms with Crippen molar-refractivity contribution < 1.29 is 49.6 Å². The van der Waals surface area contributed by atoms with Crippen molar-refractivity contribution in [2.24, 2.45) is 0 Å². The largest absolute Gasteiger partial charge is 2.00 e. The molecule has 21 heavy (non-hydrogen) atoms. The van der Waals surface area contributed by atoms with Crippen LogP contribution >= 0.6 is 0 Å². The van der Waals surface area contributed by atoms with E-state index in [4.69, 9.17) is 0 Å². The van der Waals surface area contributed by atoms with E-state index in [2.05, 4.69) is 66.2 Å². The van der Waals surface area contributed by atoms with E-state index in [1.54, 1.807) is 0 Å². The first-order valence-electron chi connectivity index (χ1n) is 5.71. The van der Waals surface area contributed by atoms with Crippen LogP contribution < -0.4 is 49.6 Å². The maximum atomic E-state index is 3.91. The first kappa shape index (κ1) is 56.4. The summed E-state index contributed by atoms with van der Waals surface area (Å²) in [5.41, 5.74) is 0. The van der Waals surface area contributed by atoms with Gasteiger partial charge in [-0.15, -0.1) is 0 Å². The van der Waals surface area contributed by atoms with Crippen LogP contribution in [0.2, 0.25) is 39.3 Å². The number of unbranched alkanes of at least 4 members (excludes halogenated alkanes) is 2. The SMILES string of the molecule is [CH2+]CCC[CH2-].[CH2][Si](C)(C)C.[CH2][Si](C)(C)C.[Cl-].[Cl-].[Cl-].[Cl-].[Sn+2].[Sn+2]. The van der Waals surface area contributed by atoms with Crippen LogP contribution in [-0.4, -0.2) is 64.0 Å². The quantitative estimate of drug-likeness (QED) is 0.212. The molecular formula is C13H32Cl4Si2Sn2. The minimum atomic E-state index is -0.861. The number of halogens is 4. The smallest absolute Gasteiger partial charge is 1.00 e. The van der Waals surface area contributed by atoms with Gasteiger partial charge in [0.25, 0.3) is 0 Å². The van der Waals surface area contributed by atoms with Gasteiger partial charge < -0.3 is 56.6 Å². The van der Waals surface area contributed by atoms with Crippen molar-refractivity contribution in [1.29, 1.82) is 0 Å². The van der Waals surface area contributed by atoms with Gasteiger partial charge in [0.05, 0.1) is 13.3 Å².